The molecule has 0 aliphatic carbocycles. The van der Waals surface area contributed by atoms with Gasteiger partial charge in [-0.05, 0) is 55.0 Å². The number of fused-ring (bicyclic) bond motifs is 1. The smallest absolute Gasteiger partial charge is 0.272 e. The fraction of sp³-hybridized carbons (Fsp3) is 0.125. The Morgan fingerprint density at radius 1 is 1.06 bits per heavy atom. The van der Waals surface area contributed by atoms with Crippen molar-refractivity contribution in [2.24, 2.45) is 4.99 Å². The van der Waals surface area contributed by atoms with Crippen LogP contribution in [0, 0.1) is 6.92 Å². The van der Waals surface area contributed by atoms with Crippen LogP contribution in [0.5, 0.6) is 0 Å². The molecule has 0 aromatic heterocycles. The number of nitrogens with zero attached hydrogens (tertiary/aromatic N) is 2. The van der Waals surface area contributed by atoms with E-state index in [1.807, 2.05) is 61.5 Å². The highest BCUT2D eigenvalue weighted by atomic mass is 35.5. The molecule has 0 saturated carbocycles. The minimum atomic E-state index is -0.930. The molecule has 1 atom stereocenters. The van der Waals surface area contributed by atoms with Gasteiger partial charge in [-0.2, -0.15) is 0 Å². The molecule has 5 nitrogen and oxygen atoms in total. The summed E-state index contributed by atoms with van der Waals surface area (Å²) in [6.45, 7) is 1.89. The summed E-state index contributed by atoms with van der Waals surface area (Å²) in [5, 5.41) is 7.62. The van der Waals surface area contributed by atoms with Gasteiger partial charge < -0.3 is 15.5 Å². The van der Waals surface area contributed by atoms with Crippen molar-refractivity contribution in [3.05, 3.63) is 93.5 Å². The summed E-state index contributed by atoms with van der Waals surface area (Å²) in [6.07, 6.45) is -0.930. The van der Waals surface area contributed by atoms with Crippen LogP contribution in [0.4, 0.5) is 11.4 Å². The van der Waals surface area contributed by atoms with Crippen molar-refractivity contribution in [2.75, 3.05) is 17.3 Å². The molecule has 3 aromatic rings. The summed E-state index contributed by atoms with van der Waals surface area (Å²) >= 11 is 18.0. The average Bonchev–Trinajstić information content (AvgIpc) is 2.88. The topological polar surface area (TPSA) is 56.7 Å². The number of hydrogen-bond donors (Lipinski definition) is 2. The van der Waals surface area contributed by atoms with Crippen molar-refractivity contribution in [3.63, 3.8) is 0 Å². The minimum absolute atomic E-state index is 0.244. The molecule has 8 heteroatoms. The van der Waals surface area contributed by atoms with Gasteiger partial charge in [0.15, 0.2) is 5.11 Å². The Hall–Kier alpha value is -2.93. The zero-order valence-corrected chi connectivity index (χ0v) is 19.7. The van der Waals surface area contributed by atoms with Gasteiger partial charge in [0.2, 0.25) is 6.17 Å². The lowest BCUT2D eigenvalue weighted by Gasteiger charge is -2.22. The number of aliphatic imine (C=N–C) groups is 1. The lowest BCUT2D eigenvalue weighted by Crippen LogP contribution is -2.47. The molecule has 2 N–H and O–H groups in total. The molecule has 0 bridgehead atoms. The third-order valence-electron chi connectivity index (χ3n) is 5.23. The second-order valence-electron chi connectivity index (χ2n) is 7.32. The summed E-state index contributed by atoms with van der Waals surface area (Å²) in [4.78, 5) is 19.6. The van der Waals surface area contributed by atoms with Crippen LogP contribution in [0.15, 0.2) is 71.7 Å². The van der Waals surface area contributed by atoms with Crippen molar-refractivity contribution in [1.82, 2.24) is 5.32 Å². The van der Waals surface area contributed by atoms with E-state index in [1.54, 1.807) is 24.1 Å². The predicted octanol–water partition coefficient (Wildman–Crippen LogP) is 5.43. The third-order valence-corrected chi connectivity index (χ3v) is 6.09. The quantitative estimate of drug-likeness (QED) is 0.488. The van der Waals surface area contributed by atoms with Crippen LogP contribution in [0.3, 0.4) is 0 Å². The predicted molar refractivity (Wildman–Crippen MR) is 136 cm³/mol. The highest BCUT2D eigenvalue weighted by Crippen LogP contribution is 2.30. The Morgan fingerprint density at radius 3 is 2.56 bits per heavy atom. The van der Waals surface area contributed by atoms with E-state index in [2.05, 4.69) is 10.6 Å². The third kappa shape index (κ3) is 4.48. The standard InChI is InChI=1S/C24H20Cl2N4OS/c1-14-18(26)9-6-10-19(14)27-24(32)29-22-23(31)30(2)20-12-11-16(25)13-17(20)21(28-22)15-7-4-3-5-8-15/h3-13,22H,1-2H3,(H2,27,29,32). The molecular formula is C24H20Cl2N4OS. The zero-order valence-electron chi connectivity index (χ0n) is 17.4. The molecule has 0 fully saturated rings. The maximum Gasteiger partial charge on any atom is 0.272 e. The van der Waals surface area contributed by atoms with Gasteiger partial charge in [0.25, 0.3) is 5.91 Å². The van der Waals surface area contributed by atoms with E-state index < -0.39 is 6.17 Å². The van der Waals surface area contributed by atoms with Gasteiger partial charge in [0.1, 0.15) is 0 Å². The minimum Gasteiger partial charge on any atom is -0.333 e. The Morgan fingerprint density at radius 2 is 1.81 bits per heavy atom. The number of carbonyl (C=O) groups excluding carboxylic acids is 1. The van der Waals surface area contributed by atoms with Gasteiger partial charge in [-0.25, -0.2) is 4.99 Å². The van der Waals surface area contributed by atoms with Crippen LogP contribution in [-0.4, -0.2) is 29.9 Å². The Bertz CT molecular complexity index is 1230. The number of hydrogen-bond acceptors (Lipinski definition) is 3. The monoisotopic (exact) mass is 482 g/mol. The Balaban J connectivity index is 1.72. The Labute approximate surface area is 202 Å². The number of thiocarbonyl (C=S) groups is 1. The number of rotatable bonds is 3. The van der Waals surface area contributed by atoms with Gasteiger partial charge >= 0.3 is 0 Å². The molecule has 1 aliphatic heterocycles. The Kier molecular flexibility index (Phi) is 6.46. The van der Waals surface area contributed by atoms with E-state index in [-0.39, 0.29) is 11.0 Å². The van der Waals surface area contributed by atoms with Gasteiger partial charge in [-0.15, -0.1) is 0 Å². The molecule has 0 spiro atoms. The van der Waals surface area contributed by atoms with Gasteiger partial charge in [-0.3, -0.25) is 4.79 Å². The number of carbonyl (C=O) groups is 1. The second kappa shape index (κ2) is 9.28. The molecule has 0 radical (unpaired) electrons. The number of amides is 1. The van der Waals surface area contributed by atoms with E-state index in [0.717, 1.165) is 28.1 Å². The average molecular weight is 483 g/mol. The van der Waals surface area contributed by atoms with Gasteiger partial charge in [-0.1, -0.05) is 59.6 Å². The van der Waals surface area contributed by atoms with Crippen LogP contribution in [0.1, 0.15) is 16.7 Å². The van der Waals surface area contributed by atoms with E-state index >= 15 is 0 Å². The van der Waals surface area contributed by atoms with Crippen LogP contribution in [-0.2, 0) is 4.79 Å². The number of anilines is 2. The van der Waals surface area contributed by atoms with E-state index in [4.69, 9.17) is 40.4 Å². The number of nitrogens with one attached hydrogen (secondary N) is 2. The molecule has 1 unspecified atom stereocenters. The van der Waals surface area contributed by atoms with Crippen molar-refractivity contribution < 1.29 is 4.79 Å². The first kappa shape index (κ1) is 22.3. The summed E-state index contributed by atoms with van der Waals surface area (Å²) < 4.78 is 0. The number of halogens is 2. The highest BCUT2D eigenvalue weighted by molar-refractivity contribution is 7.80. The maximum absolute atomic E-state index is 13.3. The van der Waals surface area contributed by atoms with Gasteiger partial charge in [0.05, 0.1) is 11.4 Å². The number of benzodiazepines with no additional fused rings is 1. The summed E-state index contributed by atoms with van der Waals surface area (Å²) in [5.74, 6) is -0.244. The molecule has 32 heavy (non-hydrogen) atoms. The SMILES string of the molecule is Cc1c(Cl)cccc1NC(=S)NC1N=C(c2ccccc2)c2cc(Cl)ccc2N(C)C1=O. The molecule has 162 valence electrons. The lowest BCUT2D eigenvalue weighted by molar-refractivity contribution is -0.119. The number of benzene rings is 3. The van der Waals surface area contributed by atoms with Crippen molar-refractivity contribution >= 4 is 63.5 Å². The second-order valence-corrected chi connectivity index (χ2v) is 8.57. The molecule has 1 amide bonds. The first-order valence-electron chi connectivity index (χ1n) is 9.88. The fourth-order valence-corrected chi connectivity index (χ4v) is 4.06. The summed E-state index contributed by atoms with van der Waals surface area (Å²) in [5.41, 5.74) is 4.63. The first-order chi connectivity index (χ1) is 15.3. The summed E-state index contributed by atoms with van der Waals surface area (Å²) in [6, 6.07) is 20.6. The maximum atomic E-state index is 13.3. The molecule has 3 aromatic carbocycles. The van der Waals surface area contributed by atoms with E-state index in [0.29, 0.717) is 15.8 Å². The largest absolute Gasteiger partial charge is 0.333 e. The highest BCUT2D eigenvalue weighted by Gasteiger charge is 2.30. The van der Waals surface area contributed by atoms with Gasteiger partial charge in [0, 0.05) is 33.9 Å². The van der Waals surface area contributed by atoms with Crippen LogP contribution in [0.2, 0.25) is 10.0 Å². The molecule has 0 saturated heterocycles. The molecular weight excluding hydrogens is 463 g/mol. The lowest BCUT2D eigenvalue weighted by atomic mass is 10.0. The normalized spacial score (nSPS) is 15.5. The first-order valence-corrected chi connectivity index (χ1v) is 11.0. The van der Waals surface area contributed by atoms with Crippen LogP contribution in [0.25, 0.3) is 0 Å². The van der Waals surface area contributed by atoms with Crippen molar-refractivity contribution in [2.45, 2.75) is 13.1 Å². The summed E-state index contributed by atoms with van der Waals surface area (Å²) in [7, 11) is 1.71. The van der Waals surface area contributed by atoms with Crippen LogP contribution < -0.4 is 15.5 Å². The van der Waals surface area contributed by atoms with E-state index in [9.17, 15) is 4.79 Å². The zero-order chi connectivity index (χ0) is 22.8. The molecule has 1 aliphatic rings. The van der Waals surface area contributed by atoms with E-state index in [1.165, 1.54) is 0 Å². The molecule has 4 rings (SSSR count). The van der Waals surface area contributed by atoms with Crippen molar-refractivity contribution in [1.29, 1.82) is 0 Å². The fourth-order valence-electron chi connectivity index (χ4n) is 3.49. The number of likely N-dealkylation sites (N-methyl/N-ethyl adjacent to an activating group) is 1. The van der Waals surface area contributed by atoms with Crippen LogP contribution >= 0.6 is 35.4 Å². The van der Waals surface area contributed by atoms with Crippen molar-refractivity contribution in [3.8, 4) is 0 Å². The molecule has 1 heterocycles.